The second kappa shape index (κ2) is 16.7. The number of aliphatic hydroxyl groups excluding tert-OH is 1. The van der Waals surface area contributed by atoms with Gasteiger partial charge in [-0.2, -0.15) is 0 Å². The van der Waals surface area contributed by atoms with Crippen LogP contribution < -0.4 is 15.6 Å². The number of benzene rings is 4. The van der Waals surface area contributed by atoms with Crippen LogP contribution in [0.15, 0.2) is 106 Å². The van der Waals surface area contributed by atoms with Gasteiger partial charge in [-0.1, -0.05) is 88.0 Å². The van der Waals surface area contributed by atoms with Crippen LogP contribution in [0.4, 0.5) is 5.69 Å². The van der Waals surface area contributed by atoms with Crippen LogP contribution in [0.1, 0.15) is 40.3 Å². The minimum atomic E-state index is -1.66. The van der Waals surface area contributed by atoms with Crippen molar-refractivity contribution in [3.63, 3.8) is 0 Å². The fraction of sp³-hybridized carbons (Fsp3) is 0.235. The molecule has 1 aliphatic heterocycles. The molecule has 0 aromatic heterocycles. The molecule has 1 amide bonds. The maximum absolute atomic E-state index is 14.6. The van der Waals surface area contributed by atoms with Gasteiger partial charge < -0.3 is 14.6 Å². The van der Waals surface area contributed by atoms with E-state index in [1.165, 1.54) is 0 Å². The number of ether oxygens (including phenoxy) is 2. The van der Waals surface area contributed by atoms with Crippen LogP contribution in [0.5, 0.6) is 5.75 Å². The van der Waals surface area contributed by atoms with Gasteiger partial charge in [0.1, 0.15) is 5.75 Å². The topological polar surface area (TPSA) is 190 Å². The van der Waals surface area contributed by atoms with Gasteiger partial charge in [-0.3, -0.25) is 10.2 Å². The lowest BCUT2D eigenvalue weighted by atomic mass is 9.80. The highest BCUT2D eigenvalue weighted by molar-refractivity contribution is 6.42. The van der Waals surface area contributed by atoms with Crippen molar-refractivity contribution in [1.29, 1.82) is 0 Å². The highest BCUT2D eigenvalue weighted by Gasteiger charge is 2.54. The van der Waals surface area contributed by atoms with E-state index in [1.54, 1.807) is 91.0 Å². The quantitative estimate of drug-likeness (QED) is 0.0374. The molecule has 0 radical (unpaired) electrons. The number of carbonyl (C=O) groups excluding carboxylic acids is 1. The smallest absolute Gasteiger partial charge is 0.266 e. The number of rotatable bonds is 15. The summed E-state index contributed by atoms with van der Waals surface area (Å²) in [4.78, 5) is 25.5. The standard InChI is InChI=1S/C34H31Cl2N9O4/c35-28-15-10-22(18-29(28)36)20-39-43-33(47)34(19-24-6-2-4-9-30(24)42-45-38)31(27-8-3-1-7-25(27)21-40-44-37)49-32(41-34)23-11-13-26(14-12-23)48-17-5-16-46/h1-4,6-15,18,31,39,46H,5,16-17,19-21H2,(H,43,47)/t31-,34-/m0/s1. The van der Waals surface area contributed by atoms with Gasteiger partial charge in [0.05, 0.1) is 23.2 Å². The summed E-state index contributed by atoms with van der Waals surface area (Å²) in [6.07, 6.45) is -0.559. The van der Waals surface area contributed by atoms with Crippen LogP contribution in [-0.4, -0.2) is 35.7 Å². The number of carbonyl (C=O) groups is 1. The summed E-state index contributed by atoms with van der Waals surface area (Å²) in [5, 5.41) is 17.5. The van der Waals surface area contributed by atoms with Crippen LogP contribution in [0.2, 0.25) is 10.0 Å². The van der Waals surface area contributed by atoms with Gasteiger partial charge in [0.2, 0.25) is 5.90 Å². The van der Waals surface area contributed by atoms with Crippen molar-refractivity contribution in [2.45, 2.75) is 37.6 Å². The molecule has 4 aromatic rings. The van der Waals surface area contributed by atoms with Crippen molar-refractivity contribution in [1.82, 2.24) is 10.9 Å². The predicted octanol–water partition coefficient (Wildman–Crippen LogP) is 7.83. The maximum Gasteiger partial charge on any atom is 0.266 e. The molecule has 1 aliphatic rings. The summed E-state index contributed by atoms with van der Waals surface area (Å²) in [5.74, 6) is 0.239. The van der Waals surface area contributed by atoms with Gasteiger partial charge in [0, 0.05) is 47.1 Å². The van der Waals surface area contributed by atoms with E-state index in [0.29, 0.717) is 56.8 Å². The Morgan fingerprint density at radius 1 is 0.980 bits per heavy atom. The molecule has 0 fully saturated rings. The molecular formula is C34H31Cl2N9O4. The zero-order valence-electron chi connectivity index (χ0n) is 26.0. The Bertz CT molecular complexity index is 1930. The Hall–Kier alpha value is -5.26. The van der Waals surface area contributed by atoms with Crippen LogP contribution in [0.25, 0.3) is 20.9 Å². The molecule has 15 heteroatoms. The van der Waals surface area contributed by atoms with Crippen LogP contribution in [0.3, 0.4) is 0 Å². The van der Waals surface area contributed by atoms with Crippen molar-refractivity contribution >= 4 is 40.7 Å². The summed E-state index contributed by atoms with van der Waals surface area (Å²) in [6, 6.07) is 26.3. The average molecular weight is 701 g/mol. The van der Waals surface area contributed by atoms with Gasteiger partial charge in [0.25, 0.3) is 5.91 Å². The average Bonchev–Trinajstić information content (AvgIpc) is 3.50. The second-order valence-corrected chi connectivity index (χ2v) is 11.7. The first-order chi connectivity index (χ1) is 23.9. The first-order valence-corrected chi connectivity index (χ1v) is 15.9. The number of nitrogens with zero attached hydrogens (tertiary/aromatic N) is 7. The Labute approximate surface area is 291 Å². The van der Waals surface area contributed by atoms with E-state index in [2.05, 4.69) is 30.9 Å². The first-order valence-electron chi connectivity index (χ1n) is 15.2. The van der Waals surface area contributed by atoms with Crippen molar-refractivity contribution in [3.05, 3.63) is 150 Å². The number of nitrogens with one attached hydrogen (secondary N) is 2. The normalized spacial score (nSPS) is 16.5. The Balaban J connectivity index is 1.60. The van der Waals surface area contributed by atoms with E-state index in [0.717, 1.165) is 5.56 Å². The van der Waals surface area contributed by atoms with E-state index >= 15 is 0 Å². The molecule has 3 N–H and O–H groups in total. The Morgan fingerprint density at radius 2 is 1.73 bits per heavy atom. The fourth-order valence-electron chi connectivity index (χ4n) is 5.38. The number of aliphatic imine (C=N–C) groups is 1. The van der Waals surface area contributed by atoms with Crippen molar-refractivity contribution in [3.8, 4) is 5.75 Å². The summed E-state index contributed by atoms with van der Waals surface area (Å²) in [5.41, 5.74) is 26.0. The monoisotopic (exact) mass is 699 g/mol. The molecule has 2 atom stereocenters. The van der Waals surface area contributed by atoms with Gasteiger partial charge in [-0.25, -0.2) is 10.4 Å². The number of hydrogen-bond acceptors (Lipinski definition) is 8. The van der Waals surface area contributed by atoms with E-state index in [4.69, 9.17) is 48.3 Å². The highest BCUT2D eigenvalue weighted by Crippen LogP contribution is 2.44. The molecule has 0 aliphatic carbocycles. The number of amides is 1. The SMILES string of the molecule is [N-]=[N+]=NCc1ccccc1[C@@H]1OC(c2ccc(OCCCO)cc2)=N[C@]1(Cc1ccccc1N=[N+]=[N-])C(=O)NNCc1ccc(Cl)c(Cl)c1. The van der Waals surface area contributed by atoms with Gasteiger partial charge >= 0.3 is 0 Å². The minimum absolute atomic E-state index is 0.00430. The molecule has 0 saturated heterocycles. The Morgan fingerprint density at radius 3 is 2.47 bits per heavy atom. The number of azide groups is 2. The van der Waals surface area contributed by atoms with E-state index in [1.807, 2.05) is 0 Å². The molecule has 13 nitrogen and oxygen atoms in total. The lowest BCUT2D eigenvalue weighted by molar-refractivity contribution is -0.130. The van der Waals surface area contributed by atoms with Crippen LogP contribution in [0, 0.1) is 0 Å². The van der Waals surface area contributed by atoms with Crippen LogP contribution in [-0.2, 0) is 29.0 Å². The summed E-state index contributed by atoms with van der Waals surface area (Å²) < 4.78 is 12.3. The lowest BCUT2D eigenvalue weighted by Gasteiger charge is -2.32. The van der Waals surface area contributed by atoms with Gasteiger partial charge in [-0.15, -0.1) is 0 Å². The molecule has 0 spiro atoms. The van der Waals surface area contributed by atoms with Crippen LogP contribution >= 0.6 is 23.2 Å². The molecular weight excluding hydrogens is 669 g/mol. The van der Waals surface area contributed by atoms with Crippen molar-refractivity contribution < 1.29 is 19.4 Å². The number of halogens is 2. The summed E-state index contributed by atoms with van der Waals surface area (Å²) >= 11 is 12.3. The third-order valence-corrected chi connectivity index (χ3v) is 8.49. The summed E-state index contributed by atoms with van der Waals surface area (Å²) in [6.45, 7) is 0.576. The van der Waals surface area contributed by atoms with E-state index < -0.39 is 17.6 Å². The molecule has 0 saturated carbocycles. The molecule has 5 rings (SSSR count). The number of hydrazine groups is 1. The minimum Gasteiger partial charge on any atom is -0.494 e. The van der Waals surface area contributed by atoms with Gasteiger partial charge in [-0.05, 0) is 69.7 Å². The third-order valence-electron chi connectivity index (χ3n) is 7.75. The number of hydrogen-bond donors (Lipinski definition) is 3. The maximum atomic E-state index is 14.6. The lowest BCUT2D eigenvalue weighted by Crippen LogP contribution is -2.53. The fourth-order valence-corrected chi connectivity index (χ4v) is 5.70. The second-order valence-electron chi connectivity index (χ2n) is 10.9. The highest BCUT2D eigenvalue weighted by atomic mass is 35.5. The van der Waals surface area contributed by atoms with E-state index in [9.17, 15) is 10.3 Å². The van der Waals surface area contributed by atoms with Crippen molar-refractivity contribution in [2.24, 2.45) is 15.2 Å². The molecule has 1 heterocycles. The van der Waals surface area contributed by atoms with Gasteiger partial charge in [0.15, 0.2) is 11.6 Å². The molecule has 0 unspecified atom stereocenters. The molecule has 250 valence electrons. The zero-order chi connectivity index (χ0) is 34.6. The zero-order valence-corrected chi connectivity index (χ0v) is 27.6. The summed E-state index contributed by atoms with van der Waals surface area (Å²) in [7, 11) is 0. The largest absolute Gasteiger partial charge is 0.494 e. The molecule has 0 bridgehead atoms. The Kier molecular flexibility index (Phi) is 12.0. The first kappa shape index (κ1) is 35.1. The number of aliphatic hydroxyl groups is 1. The van der Waals surface area contributed by atoms with Crippen molar-refractivity contribution in [2.75, 3.05) is 13.2 Å². The predicted molar refractivity (Wildman–Crippen MR) is 186 cm³/mol. The third kappa shape index (κ3) is 8.43. The van der Waals surface area contributed by atoms with E-state index in [-0.39, 0.29) is 32.0 Å². The molecule has 4 aromatic carbocycles. The molecule has 49 heavy (non-hydrogen) atoms.